The third-order valence-corrected chi connectivity index (χ3v) is 2.08. The Labute approximate surface area is 120 Å². The molecule has 20 heavy (non-hydrogen) atoms. The van der Waals surface area contributed by atoms with Crippen LogP contribution in [-0.4, -0.2) is 28.7 Å². The molecule has 0 aliphatic rings. The van der Waals surface area contributed by atoms with E-state index in [1.807, 2.05) is 0 Å². The Morgan fingerprint density at radius 1 is 1.40 bits per heavy atom. The molecule has 0 saturated heterocycles. The highest BCUT2D eigenvalue weighted by Gasteiger charge is 2.22. The van der Waals surface area contributed by atoms with Gasteiger partial charge in [-0.2, -0.15) is 0 Å². The van der Waals surface area contributed by atoms with Gasteiger partial charge in [-0.25, -0.2) is 9.59 Å². The van der Waals surface area contributed by atoms with Crippen LogP contribution in [0.5, 0.6) is 0 Å². The molecule has 1 rings (SSSR count). The smallest absolute Gasteiger partial charge is 0.413 e. The Morgan fingerprint density at radius 3 is 2.60 bits per heavy atom. The maximum Gasteiger partial charge on any atom is 0.413 e. The van der Waals surface area contributed by atoms with Crippen molar-refractivity contribution in [3.8, 4) is 0 Å². The second-order valence-electron chi connectivity index (χ2n) is 4.76. The van der Waals surface area contributed by atoms with Crippen LogP contribution in [0.15, 0.2) is 17.1 Å². The minimum absolute atomic E-state index is 0.109. The monoisotopic (exact) mass is 302 g/mol. The summed E-state index contributed by atoms with van der Waals surface area (Å²) in [6.45, 7) is 5.05. The number of hydrogen-bond donors (Lipinski definition) is 2. The fourth-order valence-electron chi connectivity index (χ4n) is 1.31. The van der Waals surface area contributed by atoms with Crippen molar-refractivity contribution in [2.75, 3.05) is 11.4 Å². The normalized spacial score (nSPS) is 10.8. The molecule has 0 unspecified atom stereocenters. The Bertz CT molecular complexity index is 562. The molecule has 2 N–H and O–H groups in total. The van der Waals surface area contributed by atoms with Crippen LogP contribution >= 0.6 is 11.6 Å². The van der Waals surface area contributed by atoms with Gasteiger partial charge in [-0.3, -0.25) is 10.1 Å². The first-order valence-electron chi connectivity index (χ1n) is 5.69. The van der Waals surface area contributed by atoms with Crippen LogP contribution in [0.4, 0.5) is 10.6 Å². The topological polar surface area (TPSA) is 97.5 Å². The van der Waals surface area contributed by atoms with Crippen molar-refractivity contribution in [1.29, 1.82) is 0 Å². The van der Waals surface area contributed by atoms with E-state index < -0.39 is 29.2 Å². The summed E-state index contributed by atoms with van der Waals surface area (Å²) in [4.78, 5) is 37.5. The molecule has 0 radical (unpaired) electrons. The molecule has 7 nitrogen and oxygen atoms in total. The second kappa shape index (κ2) is 6.42. The lowest BCUT2D eigenvalue weighted by atomic mass is 10.2. The van der Waals surface area contributed by atoms with Crippen molar-refractivity contribution in [3.05, 3.63) is 28.0 Å². The molecule has 0 aromatic carbocycles. The number of carbonyl (C=O) groups is 2. The fourth-order valence-corrected chi connectivity index (χ4v) is 1.41. The van der Waals surface area contributed by atoms with E-state index in [4.69, 9.17) is 16.3 Å². The first kappa shape index (κ1) is 16.0. The number of anilines is 1. The number of hydrogen-bond acceptors (Lipinski definition) is 5. The van der Waals surface area contributed by atoms with Crippen LogP contribution in [-0.2, 0) is 9.47 Å². The van der Waals surface area contributed by atoms with Gasteiger partial charge in [0.1, 0.15) is 17.0 Å². The van der Waals surface area contributed by atoms with Gasteiger partial charge in [-0.05, 0) is 20.8 Å². The van der Waals surface area contributed by atoms with Crippen LogP contribution in [0.25, 0.3) is 0 Å². The van der Waals surface area contributed by atoms with Gasteiger partial charge in [0.2, 0.25) is 0 Å². The van der Waals surface area contributed by atoms with Gasteiger partial charge in [-0.15, -0.1) is 0 Å². The third kappa shape index (κ3) is 4.58. The molecule has 0 aliphatic heterocycles. The number of ether oxygens (including phenoxy) is 2. The predicted molar refractivity (Wildman–Crippen MR) is 73.1 cm³/mol. The van der Waals surface area contributed by atoms with E-state index in [9.17, 15) is 14.4 Å². The Kier molecular flexibility index (Phi) is 5.15. The molecule has 1 amide bonds. The number of aromatic amines is 1. The zero-order chi connectivity index (χ0) is 15.3. The number of amides is 1. The van der Waals surface area contributed by atoms with Crippen molar-refractivity contribution >= 4 is 29.5 Å². The summed E-state index contributed by atoms with van der Waals surface area (Å²) in [6.07, 6.45) is 0.478. The minimum atomic E-state index is -0.937. The van der Waals surface area contributed by atoms with E-state index in [2.05, 4.69) is 15.0 Å². The number of esters is 1. The molecule has 0 aliphatic carbocycles. The number of rotatable bonds is 3. The lowest BCUT2D eigenvalue weighted by Crippen LogP contribution is -2.29. The molecule has 0 bridgehead atoms. The maximum atomic E-state index is 11.7. The summed E-state index contributed by atoms with van der Waals surface area (Å²) in [6, 6.07) is 0.726. The zero-order valence-corrected chi connectivity index (χ0v) is 12.0. The molecule has 1 aromatic heterocycles. The van der Waals surface area contributed by atoms with Gasteiger partial charge < -0.3 is 14.5 Å². The van der Waals surface area contributed by atoms with Crippen LogP contribution in [0.3, 0.4) is 0 Å². The quantitative estimate of drug-likeness (QED) is 0.658. The number of pyridine rings is 1. The number of alkyl halides is 1. The Morgan fingerprint density at radius 2 is 2.05 bits per heavy atom. The van der Waals surface area contributed by atoms with Gasteiger partial charge in [0, 0.05) is 12.3 Å². The van der Waals surface area contributed by atoms with Gasteiger partial charge in [0.05, 0.1) is 0 Å². The summed E-state index contributed by atoms with van der Waals surface area (Å²) < 4.78 is 9.57. The molecule has 110 valence electrons. The highest BCUT2D eigenvalue weighted by Crippen LogP contribution is 2.12. The number of aromatic nitrogens is 1. The van der Waals surface area contributed by atoms with Crippen molar-refractivity contribution in [1.82, 2.24) is 4.98 Å². The summed E-state index contributed by atoms with van der Waals surface area (Å²) >= 11 is 5.28. The molecule has 1 aromatic rings. The van der Waals surface area contributed by atoms with Crippen molar-refractivity contribution < 1.29 is 19.1 Å². The first-order valence-corrected chi connectivity index (χ1v) is 6.23. The average Bonchev–Trinajstić information content (AvgIpc) is 2.26. The van der Waals surface area contributed by atoms with Crippen LogP contribution in [0.1, 0.15) is 31.1 Å². The molecule has 0 atom stereocenters. The summed E-state index contributed by atoms with van der Waals surface area (Å²) in [5.74, 6) is -1.05. The average molecular weight is 303 g/mol. The van der Waals surface area contributed by atoms with E-state index in [-0.39, 0.29) is 11.4 Å². The SMILES string of the molecule is CC(C)(C)OC(=O)Nc1[nH]ccc(=O)c1C(=O)OCCl. The van der Waals surface area contributed by atoms with E-state index in [0.717, 1.165) is 6.07 Å². The van der Waals surface area contributed by atoms with E-state index in [0.29, 0.717) is 0 Å². The van der Waals surface area contributed by atoms with Crippen molar-refractivity contribution in [3.63, 3.8) is 0 Å². The summed E-state index contributed by atoms with van der Waals surface area (Å²) in [5.41, 5.74) is -1.67. The molecule has 1 heterocycles. The number of halogens is 1. The minimum Gasteiger partial charge on any atom is -0.446 e. The largest absolute Gasteiger partial charge is 0.446 e. The maximum absolute atomic E-state index is 11.7. The fraction of sp³-hybridized carbons (Fsp3) is 0.417. The summed E-state index contributed by atoms with van der Waals surface area (Å²) in [7, 11) is 0. The number of carbonyl (C=O) groups excluding carboxylic acids is 2. The lowest BCUT2D eigenvalue weighted by Gasteiger charge is -2.20. The highest BCUT2D eigenvalue weighted by molar-refractivity contribution is 6.18. The molecule has 0 spiro atoms. The van der Waals surface area contributed by atoms with E-state index in [1.54, 1.807) is 20.8 Å². The van der Waals surface area contributed by atoms with Gasteiger partial charge in [0.15, 0.2) is 11.5 Å². The molecule has 8 heteroatoms. The number of H-pyrrole nitrogens is 1. The molecule has 0 saturated carbocycles. The third-order valence-electron chi connectivity index (χ3n) is 1.97. The second-order valence-corrected chi connectivity index (χ2v) is 4.98. The van der Waals surface area contributed by atoms with Crippen LogP contribution in [0.2, 0.25) is 0 Å². The van der Waals surface area contributed by atoms with Crippen molar-refractivity contribution in [2.45, 2.75) is 26.4 Å². The number of nitrogens with one attached hydrogen (secondary N) is 2. The van der Waals surface area contributed by atoms with Crippen LogP contribution in [0, 0.1) is 0 Å². The first-order chi connectivity index (χ1) is 9.24. The Hall–Kier alpha value is -2.02. The van der Waals surface area contributed by atoms with Crippen molar-refractivity contribution in [2.24, 2.45) is 0 Å². The van der Waals surface area contributed by atoms with Crippen LogP contribution < -0.4 is 10.7 Å². The van der Waals surface area contributed by atoms with Gasteiger partial charge in [0.25, 0.3) is 0 Å². The molecular formula is C12H15ClN2O5. The standard InChI is InChI=1S/C12H15ClN2O5/c1-12(2,3)20-11(18)15-9-8(10(17)19-6-13)7(16)4-5-14-9/h4-5H,6H2,1-3H3,(H2,14,15,16,18). The van der Waals surface area contributed by atoms with E-state index in [1.165, 1.54) is 6.20 Å². The molecular weight excluding hydrogens is 288 g/mol. The van der Waals surface area contributed by atoms with Gasteiger partial charge >= 0.3 is 12.1 Å². The highest BCUT2D eigenvalue weighted by atomic mass is 35.5. The van der Waals surface area contributed by atoms with E-state index >= 15 is 0 Å². The predicted octanol–water partition coefficient (Wildman–Crippen LogP) is 2.07. The summed E-state index contributed by atoms with van der Waals surface area (Å²) in [5, 5.41) is 2.29. The lowest BCUT2D eigenvalue weighted by molar-refractivity contribution is 0.0573. The molecule has 0 fully saturated rings. The Balaban J connectivity index is 3.01. The zero-order valence-electron chi connectivity index (χ0n) is 11.3. The van der Waals surface area contributed by atoms with Gasteiger partial charge in [-0.1, -0.05) is 11.6 Å².